The highest BCUT2D eigenvalue weighted by Crippen LogP contribution is 2.39. The molecule has 0 aliphatic carbocycles. The number of methoxy groups -OCH3 is 2. The van der Waals surface area contributed by atoms with Crippen molar-refractivity contribution < 1.29 is 28.6 Å². The Morgan fingerprint density at radius 2 is 1.92 bits per heavy atom. The first-order valence-corrected chi connectivity index (χ1v) is 7.72. The van der Waals surface area contributed by atoms with E-state index in [-0.39, 0.29) is 12.3 Å². The van der Waals surface area contributed by atoms with E-state index >= 15 is 0 Å². The van der Waals surface area contributed by atoms with E-state index in [1.165, 1.54) is 7.11 Å². The van der Waals surface area contributed by atoms with Crippen LogP contribution in [0.25, 0.3) is 0 Å². The number of para-hydroxylation sites is 1. The molecule has 8 nitrogen and oxygen atoms in total. The topological polar surface area (TPSA) is 94.5 Å². The van der Waals surface area contributed by atoms with Gasteiger partial charge in [0.1, 0.15) is 11.7 Å². The Morgan fingerprint density at radius 3 is 2.52 bits per heavy atom. The van der Waals surface area contributed by atoms with Gasteiger partial charge < -0.3 is 14.2 Å². The number of urea groups is 1. The standard InChI is InChI=1S/C17H20N2O6/c1-5-25-15(20)13-10(2)18-16(21)19(17(22)24-4)14(13)11-8-6-7-9-12(11)23-3/h6-9,13-14H,5H2,1-4H3. The van der Waals surface area contributed by atoms with Crippen LogP contribution in [-0.4, -0.2) is 49.5 Å². The van der Waals surface area contributed by atoms with Crippen molar-refractivity contribution >= 4 is 23.8 Å². The number of carbonyl (C=O) groups is 3. The summed E-state index contributed by atoms with van der Waals surface area (Å²) in [6, 6.07) is 5.04. The van der Waals surface area contributed by atoms with Crippen molar-refractivity contribution in [1.29, 1.82) is 0 Å². The minimum Gasteiger partial charge on any atom is -0.496 e. The number of hydrogen-bond donors (Lipinski definition) is 0. The Morgan fingerprint density at radius 1 is 1.24 bits per heavy atom. The fraction of sp³-hybridized carbons (Fsp3) is 0.412. The van der Waals surface area contributed by atoms with Crippen LogP contribution in [0, 0.1) is 5.92 Å². The van der Waals surface area contributed by atoms with Crippen LogP contribution in [0.1, 0.15) is 25.5 Å². The van der Waals surface area contributed by atoms with Crippen LogP contribution in [0.15, 0.2) is 29.3 Å². The van der Waals surface area contributed by atoms with Crippen LogP contribution in [0.4, 0.5) is 9.59 Å². The number of nitrogens with zero attached hydrogens (tertiary/aromatic N) is 2. The number of carbonyl (C=O) groups excluding carboxylic acids is 3. The van der Waals surface area contributed by atoms with Crippen molar-refractivity contribution in [3.8, 4) is 5.75 Å². The molecular weight excluding hydrogens is 328 g/mol. The Kier molecular flexibility index (Phi) is 5.74. The summed E-state index contributed by atoms with van der Waals surface area (Å²) in [4.78, 5) is 41.7. The highest BCUT2D eigenvalue weighted by Gasteiger charge is 2.47. The summed E-state index contributed by atoms with van der Waals surface area (Å²) in [5.74, 6) is -1.10. The molecule has 2 atom stereocenters. The molecule has 1 aromatic rings. The zero-order chi connectivity index (χ0) is 18.6. The summed E-state index contributed by atoms with van der Waals surface area (Å²) in [5.41, 5.74) is 0.746. The van der Waals surface area contributed by atoms with Crippen LogP contribution in [0.3, 0.4) is 0 Å². The van der Waals surface area contributed by atoms with Crippen LogP contribution in [-0.2, 0) is 14.3 Å². The van der Waals surface area contributed by atoms with Gasteiger partial charge in [0.2, 0.25) is 0 Å². The smallest absolute Gasteiger partial charge is 0.418 e. The van der Waals surface area contributed by atoms with Gasteiger partial charge in [0.05, 0.1) is 26.9 Å². The monoisotopic (exact) mass is 348 g/mol. The molecule has 0 spiro atoms. The minimum atomic E-state index is -0.979. The molecule has 25 heavy (non-hydrogen) atoms. The largest absolute Gasteiger partial charge is 0.496 e. The SMILES string of the molecule is CCOC(=O)C1C(C)=NC(=O)N(C(=O)OC)C1c1ccccc1OC. The lowest BCUT2D eigenvalue weighted by atomic mass is 9.86. The number of aliphatic imine (C=N–C) groups is 1. The van der Waals surface area contributed by atoms with Gasteiger partial charge in [-0.15, -0.1) is 0 Å². The number of hydrogen-bond acceptors (Lipinski definition) is 6. The van der Waals surface area contributed by atoms with E-state index in [2.05, 4.69) is 4.99 Å². The molecule has 0 radical (unpaired) electrons. The first-order valence-electron chi connectivity index (χ1n) is 7.72. The lowest BCUT2D eigenvalue weighted by Crippen LogP contribution is -2.49. The predicted molar refractivity (Wildman–Crippen MR) is 88.6 cm³/mol. The highest BCUT2D eigenvalue weighted by molar-refractivity contribution is 6.11. The molecule has 1 heterocycles. The van der Waals surface area contributed by atoms with Crippen LogP contribution >= 0.6 is 0 Å². The number of ether oxygens (including phenoxy) is 3. The maximum Gasteiger partial charge on any atom is 0.418 e. The maximum atomic E-state index is 12.5. The van der Waals surface area contributed by atoms with Crippen molar-refractivity contribution in [3.63, 3.8) is 0 Å². The van der Waals surface area contributed by atoms with Crippen molar-refractivity contribution in [2.75, 3.05) is 20.8 Å². The summed E-state index contributed by atoms with van der Waals surface area (Å²) in [6.45, 7) is 3.39. The molecule has 0 bridgehead atoms. The van der Waals surface area contributed by atoms with E-state index in [0.29, 0.717) is 11.3 Å². The second kappa shape index (κ2) is 7.78. The summed E-state index contributed by atoms with van der Waals surface area (Å²) in [6.07, 6.45) is -0.911. The van der Waals surface area contributed by atoms with Gasteiger partial charge in [0.25, 0.3) is 0 Å². The van der Waals surface area contributed by atoms with Gasteiger partial charge in [-0.05, 0) is 19.9 Å². The third-order valence-electron chi connectivity index (χ3n) is 3.89. The molecule has 0 fully saturated rings. The van der Waals surface area contributed by atoms with E-state index < -0.39 is 30.1 Å². The fourth-order valence-corrected chi connectivity index (χ4v) is 2.82. The first kappa shape index (κ1) is 18.4. The molecule has 8 heteroatoms. The summed E-state index contributed by atoms with van der Waals surface area (Å²) >= 11 is 0. The van der Waals surface area contributed by atoms with E-state index in [9.17, 15) is 14.4 Å². The lowest BCUT2D eigenvalue weighted by Gasteiger charge is -2.36. The van der Waals surface area contributed by atoms with Crippen molar-refractivity contribution in [2.24, 2.45) is 10.9 Å². The molecule has 1 aliphatic rings. The third-order valence-corrected chi connectivity index (χ3v) is 3.89. The molecule has 2 unspecified atom stereocenters. The van der Waals surface area contributed by atoms with Gasteiger partial charge in [0, 0.05) is 11.3 Å². The molecule has 0 saturated heterocycles. The van der Waals surface area contributed by atoms with Gasteiger partial charge in [-0.2, -0.15) is 0 Å². The Hall–Kier alpha value is -2.90. The first-order chi connectivity index (χ1) is 12.0. The van der Waals surface area contributed by atoms with Crippen molar-refractivity contribution in [2.45, 2.75) is 19.9 Å². The minimum absolute atomic E-state index is 0.160. The highest BCUT2D eigenvalue weighted by atomic mass is 16.5. The lowest BCUT2D eigenvalue weighted by molar-refractivity contribution is -0.147. The van der Waals surface area contributed by atoms with Crippen LogP contribution in [0.2, 0.25) is 0 Å². The summed E-state index contributed by atoms with van der Waals surface area (Å²) < 4.78 is 15.2. The summed E-state index contributed by atoms with van der Waals surface area (Å²) in [5, 5.41) is 0. The number of amides is 3. The van der Waals surface area contributed by atoms with Gasteiger partial charge >= 0.3 is 18.1 Å². The maximum absolute atomic E-state index is 12.5. The Balaban J connectivity index is 2.66. The van der Waals surface area contributed by atoms with Gasteiger partial charge in [-0.1, -0.05) is 18.2 Å². The molecule has 0 N–H and O–H groups in total. The second-order valence-electron chi connectivity index (χ2n) is 5.29. The molecule has 0 saturated carbocycles. The molecule has 134 valence electrons. The van der Waals surface area contributed by atoms with Crippen LogP contribution in [0.5, 0.6) is 5.75 Å². The third kappa shape index (κ3) is 3.47. The van der Waals surface area contributed by atoms with Gasteiger partial charge in [-0.3, -0.25) is 4.79 Å². The molecule has 0 aromatic heterocycles. The van der Waals surface area contributed by atoms with Crippen LogP contribution < -0.4 is 4.74 Å². The van der Waals surface area contributed by atoms with E-state index in [1.807, 2.05) is 0 Å². The molecule has 1 aromatic carbocycles. The molecule has 2 rings (SSSR count). The van der Waals surface area contributed by atoms with E-state index in [0.717, 1.165) is 12.0 Å². The average molecular weight is 348 g/mol. The second-order valence-corrected chi connectivity index (χ2v) is 5.29. The number of esters is 1. The predicted octanol–water partition coefficient (Wildman–Crippen LogP) is 2.58. The normalized spacial score (nSPS) is 19.9. The molecule has 1 aliphatic heterocycles. The average Bonchev–Trinajstić information content (AvgIpc) is 2.60. The number of rotatable bonds is 4. The quantitative estimate of drug-likeness (QED) is 0.776. The number of imide groups is 1. The van der Waals surface area contributed by atoms with E-state index in [4.69, 9.17) is 14.2 Å². The Labute approximate surface area is 145 Å². The number of benzene rings is 1. The molecule has 3 amide bonds. The van der Waals surface area contributed by atoms with Gasteiger partial charge in [-0.25, -0.2) is 19.5 Å². The fourth-order valence-electron chi connectivity index (χ4n) is 2.82. The molecular formula is C17H20N2O6. The Bertz CT molecular complexity index is 715. The van der Waals surface area contributed by atoms with Gasteiger partial charge in [0.15, 0.2) is 0 Å². The van der Waals surface area contributed by atoms with E-state index in [1.54, 1.807) is 38.1 Å². The zero-order valence-electron chi connectivity index (χ0n) is 14.5. The zero-order valence-corrected chi connectivity index (χ0v) is 14.5. The van der Waals surface area contributed by atoms with Crippen molar-refractivity contribution in [3.05, 3.63) is 29.8 Å². The summed E-state index contributed by atoms with van der Waals surface area (Å²) in [7, 11) is 2.62. The van der Waals surface area contributed by atoms with Crippen molar-refractivity contribution in [1.82, 2.24) is 4.90 Å².